The number of aliphatic hydroxyl groups excluding tert-OH is 1. The Morgan fingerprint density at radius 3 is 1.60 bits per heavy atom. The number of hydrogen-bond donors (Lipinski definition) is 1. The summed E-state index contributed by atoms with van der Waals surface area (Å²) in [7, 11) is 0. The van der Waals surface area contributed by atoms with Crippen LogP contribution in [0.15, 0.2) is 0 Å². The van der Waals surface area contributed by atoms with E-state index in [9.17, 15) is 0 Å². The summed E-state index contributed by atoms with van der Waals surface area (Å²) >= 11 is 0. The zero-order valence-electron chi connectivity index (χ0n) is 5.96. The fourth-order valence-corrected chi connectivity index (χ4v) is 0. The second kappa shape index (κ2) is 22.5. The van der Waals surface area contributed by atoms with E-state index in [1.165, 1.54) is 0 Å². The van der Waals surface area contributed by atoms with E-state index in [-0.39, 0.29) is 109 Å². The molecule has 0 fully saturated rings. The molecule has 0 heterocycles. The van der Waals surface area contributed by atoms with Gasteiger partial charge in [-0.25, -0.2) is 0 Å². The van der Waals surface area contributed by atoms with Gasteiger partial charge in [0.1, 0.15) is 6.61 Å². The molecule has 0 aromatic carbocycles. The van der Waals surface area contributed by atoms with Crippen LogP contribution in [0.2, 0.25) is 0 Å². The average Bonchev–Trinajstić information content (AvgIpc) is 1.65. The van der Waals surface area contributed by atoms with E-state index in [1.807, 2.05) is 5.92 Å². The molecule has 4 nitrogen and oxygen atoms in total. The first-order chi connectivity index (χ1) is 3.65. The third-order valence-electron chi connectivity index (χ3n) is 0.0913. The summed E-state index contributed by atoms with van der Waals surface area (Å²) in [5.41, 5.74) is 0. The van der Waals surface area contributed by atoms with Crippen LogP contribution in [0.5, 0.6) is 0 Å². The van der Waals surface area contributed by atoms with Gasteiger partial charge in [-0.2, -0.15) is 0 Å². The quantitative estimate of drug-likeness (QED) is 0.307. The predicted octanol–water partition coefficient (Wildman–Crippen LogP) is -8.83. The van der Waals surface area contributed by atoms with E-state index in [0.717, 1.165) is 0 Å². The van der Waals surface area contributed by atoms with Crippen molar-refractivity contribution in [2.45, 2.75) is 0 Å². The van der Waals surface area contributed by atoms with E-state index >= 15 is 0 Å². The molecular weight excluding hydrogens is 190 g/mol. The van der Waals surface area contributed by atoms with Gasteiger partial charge >= 0.3 is 103 Å². The number of aliphatic hydroxyl groups is 1. The Morgan fingerprint density at radius 1 is 1.50 bits per heavy atom. The normalized spacial score (nSPS) is 4.40. The fraction of sp³-hybridized carbons (Fsp3) is 0.250. The van der Waals surface area contributed by atoms with E-state index in [2.05, 4.69) is 6.42 Å². The molecule has 0 aromatic heterocycles. The van der Waals surface area contributed by atoms with Crippen LogP contribution in [0.25, 0.3) is 0 Å². The van der Waals surface area contributed by atoms with Crippen LogP contribution >= 0.6 is 0 Å². The Hall–Kier alpha value is 2.06. The molecule has 10 heavy (non-hydrogen) atoms. The molecule has 0 saturated heterocycles. The zero-order valence-corrected chi connectivity index (χ0v) is 12.2. The van der Waals surface area contributed by atoms with Crippen molar-refractivity contribution in [3.05, 3.63) is 0 Å². The van der Waals surface area contributed by atoms with Crippen molar-refractivity contribution < 1.29 is 123 Å². The Labute approximate surface area is 144 Å². The minimum atomic E-state index is -2.33. The second-order valence-corrected chi connectivity index (χ2v) is 0.612. The molecule has 0 spiro atoms. The van der Waals surface area contributed by atoms with Gasteiger partial charge in [0, 0.05) is 0 Å². The Balaban J connectivity index is -0.0000000300. The first-order valence-corrected chi connectivity index (χ1v) is 1.57. The summed E-state index contributed by atoms with van der Waals surface area (Å²) in [6.07, 6.45) is 2.19. The van der Waals surface area contributed by atoms with Gasteiger partial charge in [-0.15, -0.1) is 6.42 Å². The van der Waals surface area contributed by atoms with Crippen molar-refractivity contribution in [1.29, 1.82) is 0 Å². The number of hydrogen-bond acceptors (Lipinski definition) is 4. The number of rotatable bonds is 0. The first-order valence-electron chi connectivity index (χ1n) is 1.57. The third kappa shape index (κ3) is 88.1. The maximum absolute atomic E-state index is 8.33. The van der Waals surface area contributed by atoms with Crippen LogP contribution < -0.4 is 113 Å². The molecule has 0 aliphatic rings. The molecule has 0 saturated carbocycles. The number of terminal acetylenes is 1. The number of carboxylic acid groups (broad SMARTS) is 2. The van der Waals surface area contributed by atoms with Gasteiger partial charge in [-0.3, -0.25) is 0 Å². The summed E-state index contributed by atoms with van der Waals surface area (Å²) < 4.78 is 0. The summed E-state index contributed by atoms with van der Waals surface area (Å²) in [5.74, 6) is 1.99. The van der Waals surface area contributed by atoms with Crippen LogP contribution in [0.4, 0.5) is 4.79 Å². The Morgan fingerprint density at radius 2 is 1.60 bits per heavy atom. The predicted molar refractivity (Wildman–Crippen MR) is 21.3 cm³/mol. The van der Waals surface area contributed by atoms with E-state index in [4.69, 9.17) is 20.1 Å². The van der Waals surface area contributed by atoms with Gasteiger partial charge in [0.2, 0.25) is 0 Å². The summed E-state index contributed by atoms with van der Waals surface area (Å²) in [6.45, 7) is -0.153. The summed E-state index contributed by atoms with van der Waals surface area (Å²) in [6, 6.07) is 0. The van der Waals surface area contributed by atoms with Crippen LogP contribution in [0, 0.1) is 12.3 Å². The third-order valence-corrected chi connectivity index (χ3v) is 0.0913. The van der Waals surface area contributed by atoms with E-state index < -0.39 is 6.16 Å². The minimum absolute atomic E-state index is 0. The Bertz CT molecular complexity index is 93.9. The van der Waals surface area contributed by atoms with E-state index in [1.54, 1.807) is 0 Å². The first kappa shape index (κ1) is 22.7. The average molecular weight is 194 g/mol. The smallest absolute Gasteiger partial charge is 0.652 e. The molecule has 0 atom stereocenters. The van der Waals surface area contributed by atoms with Gasteiger partial charge in [-0.05, 0) is 6.16 Å². The molecule has 0 aliphatic heterocycles. The molecular formula is C4H4K2O4. The molecule has 0 bridgehead atoms. The topological polar surface area (TPSA) is 83.4 Å². The maximum Gasteiger partial charge on any atom is 1.00 e. The summed E-state index contributed by atoms with van der Waals surface area (Å²) in [4.78, 5) is 8.33. The molecule has 0 aliphatic carbocycles. The van der Waals surface area contributed by atoms with Gasteiger partial charge in [0.05, 0.1) is 0 Å². The van der Waals surface area contributed by atoms with E-state index in [0.29, 0.717) is 0 Å². The summed E-state index contributed by atoms with van der Waals surface area (Å²) in [5, 5.41) is 24.3. The molecule has 0 rings (SSSR count). The van der Waals surface area contributed by atoms with Crippen molar-refractivity contribution >= 4 is 6.16 Å². The maximum atomic E-state index is 8.33. The number of carbonyl (C=O) groups excluding carboxylic acids is 1. The molecule has 0 unspecified atom stereocenters. The van der Waals surface area contributed by atoms with Crippen molar-refractivity contribution in [2.75, 3.05) is 6.61 Å². The monoisotopic (exact) mass is 194 g/mol. The molecule has 6 heteroatoms. The van der Waals surface area contributed by atoms with Crippen LogP contribution in [-0.2, 0) is 0 Å². The van der Waals surface area contributed by atoms with Gasteiger partial charge in [-0.1, -0.05) is 5.92 Å². The SMILES string of the molecule is C#CCO.O=C([O-])[O-].[K+].[K+]. The zero-order chi connectivity index (χ0) is 6.99. The van der Waals surface area contributed by atoms with Crippen molar-refractivity contribution in [3.63, 3.8) is 0 Å². The van der Waals surface area contributed by atoms with Gasteiger partial charge in [0.15, 0.2) is 0 Å². The van der Waals surface area contributed by atoms with Crippen LogP contribution in [0.3, 0.4) is 0 Å². The Kier molecular flexibility index (Phi) is 51.0. The standard InChI is InChI=1S/C3H4O.CH2O3.2K/c1-2-3-4;2-1(3)4;;/h1,4H,3H2;(H2,2,3,4);;/q;;2*+1/p-2. The van der Waals surface area contributed by atoms with Gasteiger partial charge < -0.3 is 20.1 Å². The van der Waals surface area contributed by atoms with Crippen LogP contribution in [-0.4, -0.2) is 17.9 Å². The molecule has 0 aromatic rings. The molecule has 46 valence electrons. The second-order valence-electron chi connectivity index (χ2n) is 0.612. The van der Waals surface area contributed by atoms with Crippen molar-refractivity contribution in [1.82, 2.24) is 0 Å². The van der Waals surface area contributed by atoms with Crippen LogP contribution in [0.1, 0.15) is 0 Å². The molecule has 0 radical (unpaired) electrons. The molecule has 1 N–H and O–H groups in total. The van der Waals surface area contributed by atoms with Crippen molar-refractivity contribution in [2.24, 2.45) is 0 Å². The minimum Gasteiger partial charge on any atom is -0.652 e. The fourth-order valence-electron chi connectivity index (χ4n) is 0. The van der Waals surface area contributed by atoms with Gasteiger partial charge in [0.25, 0.3) is 0 Å². The molecule has 0 amide bonds. The largest absolute Gasteiger partial charge is 1.00 e. The number of carbonyl (C=O) groups is 1. The van der Waals surface area contributed by atoms with Crippen molar-refractivity contribution in [3.8, 4) is 12.3 Å².